The summed E-state index contributed by atoms with van der Waals surface area (Å²) in [7, 11) is 0. The molecule has 0 bridgehead atoms. The molecule has 0 radical (unpaired) electrons. The lowest BCUT2D eigenvalue weighted by Crippen LogP contribution is -2.54. The van der Waals surface area contributed by atoms with Crippen molar-refractivity contribution in [3.8, 4) is 11.3 Å². The zero-order valence-electron chi connectivity index (χ0n) is 16.5. The van der Waals surface area contributed by atoms with Crippen LogP contribution in [-0.2, 0) is 9.59 Å². The number of amides is 4. The van der Waals surface area contributed by atoms with Crippen LogP contribution in [-0.4, -0.2) is 22.8 Å². The van der Waals surface area contributed by atoms with Crippen LogP contribution >= 0.6 is 11.6 Å². The van der Waals surface area contributed by atoms with Crippen LogP contribution in [0.15, 0.2) is 64.6 Å². The number of nitrogens with zero attached hydrogens (tertiary/aromatic N) is 2. The molecule has 9 nitrogen and oxygen atoms in total. The molecule has 2 aromatic carbocycles. The first-order chi connectivity index (χ1) is 15.3. The number of hydrogen-bond donors (Lipinski definition) is 1. The highest BCUT2D eigenvalue weighted by Crippen LogP contribution is 2.32. The van der Waals surface area contributed by atoms with Crippen LogP contribution < -0.4 is 10.2 Å². The molecule has 0 atom stereocenters. The average molecular weight is 452 g/mol. The van der Waals surface area contributed by atoms with Crippen molar-refractivity contribution in [1.82, 2.24) is 5.32 Å². The summed E-state index contributed by atoms with van der Waals surface area (Å²) in [5.74, 6) is -1.45. The number of urea groups is 1. The SMILES string of the molecule is Cc1c(Cl)cccc1N1C(=O)NC(=O)/C(=C/c2ccc(-c3ccccc3[N+](=O)[O-])o2)C1=O. The molecule has 0 spiro atoms. The largest absolute Gasteiger partial charge is 0.456 e. The van der Waals surface area contributed by atoms with Gasteiger partial charge in [-0.25, -0.2) is 9.69 Å². The molecule has 1 fully saturated rings. The molecule has 2 heterocycles. The third kappa shape index (κ3) is 3.65. The Morgan fingerprint density at radius 2 is 1.81 bits per heavy atom. The van der Waals surface area contributed by atoms with Gasteiger partial charge in [0.15, 0.2) is 0 Å². The van der Waals surface area contributed by atoms with Crippen molar-refractivity contribution in [3.05, 3.63) is 86.6 Å². The number of nitrogens with one attached hydrogen (secondary N) is 1. The van der Waals surface area contributed by atoms with Gasteiger partial charge in [-0.2, -0.15) is 0 Å². The lowest BCUT2D eigenvalue weighted by atomic mass is 10.1. The number of carbonyl (C=O) groups excluding carboxylic acids is 3. The third-order valence-electron chi connectivity index (χ3n) is 4.86. The monoisotopic (exact) mass is 451 g/mol. The van der Waals surface area contributed by atoms with Gasteiger partial charge < -0.3 is 4.42 Å². The maximum Gasteiger partial charge on any atom is 0.335 e. The highest BCUT2D eigenvalue weighted by atomic mass is 35.5. The molecule has 32 heavy (non-hydrogen) atoms. The van der Waals surface area contributed by atoms with E-state index >= 15 is 0 Å². The minimum Gasteiger partial charge on any atom is -0.456 e. The van der Waals surface area contributed by atoms with E-state index in [2.05, 4.69) is 5.32 Å². The fourth-order valence-electron chi connectivity index (χ4n) is 3.27. The Bertz CT molecular complexity index is 1330. The fourth-order valence-corrected chi connectivity index (χ4v) is 3.44. The Balaban J connectivity index is 1.72. The standard InChI is InChI=1S/C22H14ClN3O6/c1-12-16(23)6-4-8-17(12)25-21(28)15(20(27)24-22(25)29)11-13-9-10-19(32-13)14-5-2-3-7-18(14)26(30)31/h2-11H,1H3,(H,24,27,29)/b15-11-. The van der Waals surface area contributed by atoms with Crippen molar-refractivity contribution in [2.75, 3.05) is 4.90 Å². The van der Waals surface area contributed by atoms with Gasteiger partial charge >= 0.3 is 6.03 Å². The Morgan fingerprint density at radius 3 is 2.56 bits per heavy atom. The van der Waals surface area contributed by atoms with E-state index in [1.165, 1.54) is 42.5 Å². The summed E-state index contributed by atoms with van der Waals surface area (Å²) in [4.78, 5) is 49.3. The number of imide groups is 2. The van der Waals surface area contributed by atoms with Crippen LogP contribution in [0.3, 0.4) is 0 Å². The van der Waals surface area contributed by atoms with E-state index in [0.717, 1.165) is 4.90 Å². The maximum atomic E-state index is 13.0. The molecule has 10 heteroatoms. The average Bonchev–Trinajstić information content (AvgIpc) is 3.22. The second-order valence-electron chi connectivity index (χ2n) is 6.82. The van der Waals surface area contributed by atoms with Gasteiger partial charge in [-0.1, -0.05) is 29.8 Å². The first kappa shape index (κ1) is 21.0. The molecule has 0 aliphatic carbocycles. The van der Waals surface area contributed by atoms with Crippen LogP contribution in [0, 0.1) is 17.0 Å². The number of nitro benzene ring substituents is 1. The van der Waals surface area contributed by atoms with Crippen LogP contribution in [0.25, 0.3) is 17.4 Å². The van der Waals surface area contributed by atoms with Gasteiger partial charge in [0.2, 0.25) is 0 Å². The van der Waals surface area contributed by atoms with Crippen molar-refractivity contribution in [2.45, 2.75) is 6.92 Å². The third-order valence-corrected chi connectivity index (χ3v) is 5.27. The number of halogens is 1. The first-order valence-corrected chi connectivity index (χ1v) is 9.66. The Hall–Kier alpha value is -4.24. The van der Waals surface area contributed by atoms with Gasteiger partial charge in [0.25, 0.3) is 17.5 Å². The lowest BCUT2D eigenvalue weighted by Gasteiger charge is -2.27. The van der Waals surface area contributed by atoms with E-state index in [1.807, 2.05) is 0 Å². The molecule has 1 saturated heterocycles. The minimum atomic E-state index is -0.900. The predicted octanol–water partition coefficient (Wildman–Crippen LogP) is 4.48. The summed E-state index contributed by atoms with van der Waals surface area (Å²) in [6.07, 6.45) is 1.18. The van der Waals surface area contributed by atoms with Crippen LogP contribution in [0.4, 0.5) is 16.2 Å². The van der Waals surface area contributed by atoms with Gasteiger partial charge in [0.05, 0.1) is 16.2 Å². The predicted molar refractivity (Wildman–Crippen MR) is 116 cm³/mol. The van der Waals surface area contributed by atoms with E-state index in [0.29, 0.717) is 10.6 Å². The summed E-state index contributed by atoms with van der Waals surface area (Å²) < 4.78 is 5.63. The Labute approximate surface area is 186 Å². The number of para-hydroxylation sites is 1. The molecule has 160 valence electrons. The highest BCUT2D eigenvalue weighted by Gasteiger charge is 2.38. The van der Waals surface area contributed by atoms with Gasteiger partial charge in [-0.15, -0.1) is 0 Å². The quantitative estimate of drug-likeness (QED) is 0.270. The molecule has 1 N–H and O–H groups in total. The summed E-state index contributed by atoms with van der Waals surface area (Å²) in [6, 6.07) is 12.8. The zero-order valence-corrected chi connectivity index (χ0v) is 17.3. The Morgan fingerprint density at radius 1 is 1.06 bits per heavy atom. The molecule has 1 aliphatic rings. The molecule has 1 aliphatic heterocycles. The van der Waals surface area contributed by atoms with Gasteiger partial charge in [-0.3, -0.25) is 25.0 Å². The lowest BCUT2D eigenvalue weighted by molar-refractivity contribution is -0.384. The fraction of sp³-hybridized carbons (Fsp3) is 0.0455. The number of nitro groups is 1. The normalized spacial score (nSPS) is 15.2. The van der Waals surface area contributed by atoms with Crippen LogP contribution in [0.1, 0.15) is 11.3 Å². The van der Waals surface area contributed by atoms with Crippen molar-refractivity contribution in [3.63, 3.8) is 0 Å². The molecule has 3 aromatic rings. The van der Waals surface area contributed by atoms with Crippen LogP contribution in [0.2, 0.25) is 5.02 Å². The van der Waals surface area contributed by atoms with Crippen LogP contribution in [0.5, 0.6) is 0 Å². The second-order valence-corrected chi connectivity index (χ2v) is 7.23. The number of anilines is 1. The van der Waals surface area contributed by atoms with Gasteiger partial charge in [0, 0.05) is 11.1 Å². The molecule has 4 amide bonds. The van der Waals surface area contributed by atoms with E-state index < -0.39 is 22.8 Å². The second kappa shape index (κ2) is 8.12. The number of carbonyl (C=O) groups is 3. The smallest absolute Gasteiger partial charge is 0.335 e. The Kier molecular flexibility index (Phi) is 5.33. The molecular formula is C22H14ClN3O6. The summed E-state index contributed by atoms with van der Waals surface area (Å²) in [6.45, 7) is 1.64. The molecule has 1 aromatic heterocycles. The van der Waals surface area contributed by atoms with E-state index in [1.54, 1.807) is 25.1 Å². The van der Waals surface area contributed by atoms with Gasteiger partial charge in [-0.05, 0) is 48.9 Å². The minimum absolute atomic E-state index is 0.105. The van der Waals surface area contributed by atoms with Crippen molar-refractivity contribution in [2.24, 2.45) is 0 Å². The van der Waals surface area contributed by atoms with Crippen molar-refractivity contribution in [1.29, 1.82) is 0 Å². The number of benzene rings is 2. The van der Waals surface area contributed by atoms with Gasteiger partial charge in [0.1, 0.15) is 17.1 Å². The van der Waals surface area contributed by atoms with Crippen molar-refractivity contribution >= 4 is 46.9 Å². The summed E-state index contributed by atoms with van der Waals surface area (Å²) >= 11 is 6.11. The molecule has 4 rings (SSSR count). The topological polar surface area (TPSA) is 123 Å². The van der Waals surface area contributed by atoms with Crippen molar-refractivity contribution < 1.29 is 23.7 Å². The van der Waals surface area contributed by atoms with E-state index in [-0.39, 0.29) is 34.0 Å². The molecular weight excluding hydrogens is 438 g/mol. The number of rotatable bonds is 4. The summed E-state index contributed by atoms with van der Waals surface area (Å²) in [5.41, 5.74) is 0.475. The number of barbiturate groups is 1. The first-order valence-electron chi connectivity index (χ1n) is 9.28. The maximum absolute atomic E-state index is 13.0. The van der Waals surface area contributed by atoms with E-state index in [9.17, 15) is 24.5 Å². The molecule has 0 unspecified atom stereocenters. The number of furan rings is 1. The highest BCUT2D eigenvalue weighted by molar-refractivity contribution is 6.39. The zero-order chi connectivity index (χ0) is 23.0. The summed E-state index contributed by atoms with van der Waals surface area (Å²) in [5, 5.41) is 13.7. The molecule has 0 saturated carbocycles. The van der Waals surface area contributed by atoms with E-state index in [4.69, 9.17) is 16.0 Å². The number of hydrogen-bond acceptors (Lipinski definition) is 6.